The molecule has 1 saturated heterocycles. The molecule has 1 atom stereocenters. The molecule has 0 radical (unpaired) electrons. The molecule has 0 spiro atoms. The molecule has 0 unspecified atom stereocenters. The van der Waals surface area contributed by atoms with E-state index < -0.39 is 0 Å². The van der Waals surface area contributed by atoms with E-state index in [1.165, 1.54) is 0 Å². The average molecular weight is 401 g/mol. The smallest absolute Gasteiger partial charge is 0.255 e. The molecule has 1 heterocycles. The van der Waals surface area contributed by atoms with Crippen LogP contribution in [-0.4, -0.2) is 36.5 Å². The maximum atomic E-state index is 12.4. The van der Waals surface area contributed by atoms with Crippen molar-refractivity contribution in [1.29, 1.82) is 0 Å². The molecule has 2 rings (SSSR count). The number of nitrogens with one attached hydrogen (secondary N) is 1. The van der Waals surface area contributed by atoms with Gasteiger partial charge < -0.3 is 10.2 Å². The van der Waals surface area contributed by atoms with Gasteiger partial charge in [0.25, 0.3) is 5.91 Å². The third kappa shape index (κ3) is 3.50. The van der Waals surface area contributed by atoms with Crippen LogP contribution < -0.4 is 5.32 Å². The minimum absolute atomic E-state index is 0. The highest BCUT2D eigenvalue weighted by Gasteiger charge is 2.25. The summed E-state index contributed by atoms with van der Waals surface area (Å²) in [6.45, 7) is 4.47. The van der Waals surface area contributed by atoms with Crippen molar-refractivity contribution in [3.05, 3.63) is 32.4 Å². The number of halogens is 3. The van der Waals surface area contributed by atoms with Gasteiger partial charge in [-0.15, -0.1) is 12.4 Å². The largest absolute Gasteiger partial charge is 0.333 e. The minimum Gasteiger partial charge on any atom is -0.333 e. The average Bonchev–Trinajstić information content (AvgIpc) is 2.32. The van der Waals surface area contributed by atoms with Gasteiger partial charge in [-0.1, -0.05) is 11.6 Å². The normalized spacial score (nSPS) is 19.3. The predicted octanol–water partition coefficient (Wildman–Crippen LogP) is 2.80. The molecule has 1 amide bonds. The van der Waals surface area contributed by atoms with E-state index in [-0.39, 0.29) is 24.4 Å². The second-order valence-corrected chi connectivity index (χ2v) is 5.83. The van der Waals surface area contributed by atoms with Gasteiger partial charge in [0.1, 0.15) is 0 Å². The van der Waals surface area contributed by atoms with Gasteiger partial charge in [-0.2, -0.15) is 0 Å². The van der Waals surface area contributed by atoms with Crippen molar-refractivity contribution in [2.45, 2.75) is 13.0 Å². The van der Waals surface area contributed by atoms with E-state index in [9.17, 15) is 4.79 Å². The molecule has 0 aliphatic carbocycles. The fraction of sp³-hybridized carbons (Fsp3) is 0.417. The van der Waals surface area contributed by atoms with E-state index in [2.05, 4.69) is 27.9 Å². The molecule has 6 heteroatoms. The zero-order valence-corrected chi connectivity index (χ0v) is 13.7. The SMILES string of the molecule is C[C@@H]1CNCCN1C(=O)c1cc(I)ccc1Cl.Cl. The Morgan fingerprint density at radius 3 is 2.94 bits per heavy atom. The van der Waals surface area contributed by atoms with Crippen molar-refractivity contribution in [2.75, 3.05) is 19.6 Å². The zero-order chi connectivity index (χ0) is 12.4. The highest BCUT2D eigenvalue weighted by atomic mass is 127. The third-order valence-corrected chi connectivity index (χ3v) is 3.92. The molecule has 1 fully saturated rings. The fourth-order valence-electron chi connectivity index (χ4n) is 1.96. The van der Waals surface area contributed by atoms with Gasteiger partial charge in [-0.05, 0) is 47.7 Å². The standard InChI is InChI=1S/C12H14ClIN2O.ClH/c1-8-7-15-4-5-16(8)12(17)10-6-9(14)2-3-11(10)13;/h2-3,6,8,15H,4-5,7H2,1H3;1H/t8-;/m1./s1. The first kappa shape index (κ1) is 16.0. The maximum Gasteiger partial charge on any atom is 0.255 e. The van der Waals surface area contributed by atoms with Crippen LogP contribution in [0.15, 0.2) is 18.2 Å². The predicted molar refractivity (Wildman–Crippen MR) is 84.8 cm³/mol. The summed E-state index contributed by atoms with van der Waals surface area (Å²) in [7, 11) is 0. The Hall–Kier alpha value is -0.0400. The number of carbonyl (C=O) groups is 1. The number of hydrogen-bond donors (Lipinski definition) is 1. The van der Waals surface area contributed by atoms with Gasteiger partial charge in [0.15, 0.2) is 0 Å². The van der Waals surface area contributed by atoms with Crippen molar-refractivity contribution >= 4 is 52.5 Å². The van der Waals surface area contributed by atoms with E-state index in [1.54, 1.807) is 6.07 Å². The van der Waals surface area contributed by atoms with Gasteiger partial charge in [0, 0.05) is 29.2 Å². The zero-order valence-electron chi connectivity index (χ0n) is 9.95. The topological polar surface area (TPSA) is 32.3 Å². The van der Waals surface area contributed by atoms with Gasteiger partial charge in [0.05, 0.1) is 10.6 Å². The number of piperazine rings is 1. The summed E-state index contributed by atoms with van der Waals surface area (Å²) < 4.78 is 1.03. The minimum atomic E-state index is 0. The first-order chi connectivity index (χ1) is 8.09. The van der Waals surface area contributed by atoms with Crippen molar-refractivity contribution in [2.24, 2.45) is 0 Å². The Balaban J connectivity index is 0.00000162. The van der Waals surface area contributed by atoms with E-state index in [1.807, 2.05) is 24.0 Å². The summed E-state index contributed by atoms with van der Waals surface area (Å²) in [6, 6.07) is 5.75. The van der Waals surface area contributed by atoms with Crippen molar-refractivity contribution in [3.63, 3.8) is 0 Å². The number of carbonyl (C=O) groups excluding carboxylic acids is 1. The van der Waals surface area contributed by atoms with E-state index in [0.29, 0.717) is 10.6 Å². The van der Waals surface area contributed by atoms with Crippen LogP contribution in [0.3, 0.4) is 0 Å². The molecule has 0 aromatic heterocycles. The Bertz CT molecular complexity index is 442. The molecule has 0 bridgehead atoms. The summed E-state index contributed by atoms with van der Waals surface area (Å²) in [5, 5.41) is 3.80. The lowest BCUT2D eigenvalue weighted by Crippen LogP contribution is -2.52. The van der Waals surface area contributed by atoms with Crippen LogP contribution in [0.4, 0.5) is 0 Å². The molecule has 1 aliphatic heterocycles. The lowest BCUT2D eigenvalue weighted by atomic mass is 10.1. The number of hydrogen-bond acceptors (Lipinski definition) is 2. The molecular formula is C12H15Cl2IN2O. The maximum absolute atomic E-state index is 12.4. The Kier molecular flexibility index (Phi) is 6.17. The molecule has 3 nitrogen and oxygen atoms in total. The first-order valence-corrected chi connectivity index (χ1v) is 7.02. The van der Waals surface area contributed by atoms with Crippen LogP contribution in [0.5, 0.6) is 0 Å². The monoisotopic (exact) mass is 400 g/mol. The van der Waals surface area contributed by atoms with Crippen molar-refractivity contribution in [1.82, 2.24) is 10.2 Å². The van der Waals surface area contributed by atoms with E-state index in [4.69, 9.17) is 11.6 Å². The van der Waals surface area contributed by atoms with E-state index >= 15 is 0 Å². The first-order valence-electron chi connectivity index (χ1n) is 5.56. The molecule has 18 heavy (non-hydrogen) atoms. The lowest BCUT2D eigenvalue weighted by molar-refractivity contribution is 0.0656. The number of rotatable bonds is 1. The molecule has 100 valence electrons. The van der Waals surface area contributed by atoms with Gasteiger partial charge >= 0.3 is 0 Å². The van der Waals surface area contributed by atoms with Crippen molar-refractivity contribution in [3.8, 4) is 0 Å². The highest BCUT2D eigenvalue weighted by molar-refractivity contribution is 14.1. The molecule has 1 N–H and O–H groups in total. The van der Waals surface area contributed by atoms with Crippen molar-refractivity contribution < 1.29 is 4.79 Å². The molecule has 1 aromatic carbocycles. The summed E-state index contributed by atoms with van der Waals surface area (Å²) in [5.41, 5.74) is 0.604. The van der Waals surface area contributed by atoms with Crippen LogP contribution in [-0.2, 0) is 0 Å². The van der Waals surface area contributed by atoms with E-state index in [0.717, 1.165) is 23.2 Å². The molecule has 0 saturated carbocycles. The van der Waals surface area contributed by atoms with Crippen LogP contribution in [0.25, 0.3) is 0 Å². The highest BCUT2D eigenvalue weighted by Crippen LogP contribution is 2.21. The lowest BCUT2D eigenvalue weighted by Gasteiger charge is -2.34. The van der Waals surface area contributed by atoms with Gasteiger partial charge in [-0.3, -0.25) is 4.79 Å². The van der Waals surface area contributed by atoms with Crippen LogP contribution in [0, 0.1) is 3.57 Å². The van der Waals surface area contributed by atoms with Crippen LogP contribution in [0.2, 0.25) is 5.02 Å². The molecule has 1 aliphatic rings. The molecule has 1 aromatic rings. The summed E-state index contributed by atoms with van der Waals surface area (Å²) >= 11 is 8.28. The fourth-order valence-corrected chi connectivity index (χ4v) is 2.65. The summed E-state index contributed by atoms with van der Waals surface area (Å²) in [4.78, 5) is 14.3. The molecular weight excluding hydrogens is 386 g/mol. The Morgan fingerprint density at radius 1 is 1.56 bits per heavy atom. The summed E-state index contributed by atoms with van der Waals surface area (Å²) in [6.07, 6.45) is 0. The second kappa shape index (κ2) is 6.93. The number of nitrogens with zero attached hydrogens (tertiary/aromatic N) is 1. The third-order valence-electron chi connectivity index (χ3n) is 2.92. The summed E-state index contributed by atoms with van der Waals surface area (Å²) in [5.74, 6) is 0.0301. The van der Waals surface area contributed by atoms with Gasteiger partial charge in [0.2, 0.25) is 0 Å². The second-order valence-electron chi connectivity index (χ2n) is 4.18. The Labute approximate surface area is 132 Å². The van der Waals surface area contributed by atoms with Crippen LogP contribution in [0.1, 0.15) is 17.3 Å². The number of amides is 1. The quantitative estimate of drug-likeness (QED) is 0.735. The number of benzene rings is 1. The Morgan fingerprint density at radius 2 is 2.28 bits per heavy atom. The van der Waals surface area contributed by atoms with Gasteiger partial charge in [-0.25, -0.2) is 0 Å². The van der Waals surface area contributed by atoms with Crippen LogP contribution >= 0.6 is 46.6 Å².